The van der Waals surface area contributed by atoms with Crippen molar-refractivity contribution in [1.82, 2.24) is 0 Å². The van der Waals surface area contributed by atoms with E-state index in [1.807, 2.05) is 0 Å². The summed E-state index contributed by atoms with van der Waals surface area (Å²) >= 11 is 0. The fourth-order valence-corrected chi connectivity index (χ4v) is 10.3. The Bertz CT molecular complexity index is 1110. The lowest BCUT2D eigenvalue weighted by atomic mass is 9.50. The standard InChI is InChI=1S/C46H76O2/c1-8-9-10-11-12-13-14-15-16-17-18-19-20-21-22-23-44(47)48-39-30-32-45(6)38(34-39)26-27-40-42-29-28-41(46(42,7)33-31-43(40)45)37(5)25-24-36(4)35(2)3/h15-16,24-27,35-37,39,41-43H,8-14,17-23,28-34H2,1-7H3/t36-,37+,39?,41+,42-,43-,45-,46+/m0/s1. The van der Waals surface area contributed by atoms with Crippen LogP contribution in [0.25, 0.3) is 0 Å². The fraction of sp³-hybridized carbons (Fsp3) is 0.804. The number of ether oxygens (including phenoxy) is 1. The second-order valence-corrected chi connectivity index (χ2v) is 17.6. The van der Waals surface area contributed by atoms with Gasteiger partial charge in [-0.3, -0.25) is 4.79 Å². The largest absolute Gasteiger partial charge is 0.462 e. The van der Waals surface area contributed by atoms with Gasteiger partial charge in [0.15, 0.2) is 0 Å². The van der Waals surface area contributed by atoms with Crippen molar-refractivity contribution >= 4 is 5.97 Å². The van der Waals surface area contributed by atoms with Crippen molar-refractivity contribution in [3.05, 3.63) is 47.6 Å². The van der Waals surface area contributed by atoms with E-state index in [1.54, 1.807) is 11.1 Å². The molecule has 272 valence electrons. The number of carbonyl (C=O) groups is 1. The molecule has 0 aromatic rings. The summed E-state index contributed by atoms with van der Waals surface area (Å²) in [5.74, 6) is 4.24. The molecule has 48 heavy (non-hydrogen) atoms. The van der Waals surface area contributed by atoms with Crippen LogP contribution in [-0.4, -0.2) is 12.1 Å². The molecule has 0 heterocycles. The summed E-state index contributed by atoms with van der Waals surface area (Å²) < 4.78 is 6.10. The number of allylic oxidation sites excluding steroid dienone is 7. The van der Waals surface area contributed by atoms with Gasteiger partial charge in [0, 0.05) is 12.8 Å². The van der Waals surface area contributed by atoms with Crippen molar-refractivity contribution in [1.29, 1.82) is 0 Å². The fourth-order valence-electron chi connectivity index (χ4n) is 10.3. The highest BCUT2D eigenvalue weighted by atomic mass is 16.5. The van der Waals surface area contributed by atoms with Crippen LogP contribution in [0.2, 0.25) is 0 Å². The van der Waals surface area contributed by atoms with Crippen LogP contribution in [0.4, 0.5) is 0 Å². The highest BCUT2D eigenvalue weighted by Crippen LogP contribution is 2.66. The number of hydrogen-bond acceptors (Lipinski definition) is 2. The average Bonchev–Trinajstić information content (AvgIpc) is 3.42. The van der Waals surface area contributed by atoms with Gasteiger partial charge < -0.3 is 4.74 Å². The zero-order valence-corrected chi connectivity index (χ0v) is 32.7. The van der Waals surface area contributed by atoms with E-state index in [-0.39, 0.29) is 17.5 Å². The van der Waals surface area contributed by atoms with E-state index in [1.165, 1.54) is 96.3 Å². The van der Waals surface area contributed by atoms with E-state index in [0.717, 1.165) is 43.9 Å². The van der Waals surface area contributed by atoms with Crippen LogP contribution in [0.5, 0.6) is 0 Å². The van der Waals surface area contributed by atoms with Crippen LogP contribution in [0.15, 0.2) is 47.6 Å². The molecule has 4 rings (SSSR count). The molecule has 0 saturated heterocycles. The third kappa shape index (κ3) is 10.2. The lowest BCUT2D eigenvalue weighted by molar-refractivity contribution is -0.151. The summed E-state index contributed by atoms with van der Waals surface area (Å²) in [4.78, 5) is 12.8. The first-order valence-electron chi connectivity index (χ1n) is 21.0. The number of hydrogen-bond donors (Lipinski definition) is 0. The SMILES string of the molecule is CCCCCCCCC=CCCCCCCCC(=O)OC1CC[C@@]2(C)C(=CC=C3[C@@H]4CC[C@H]([C@H](C)C=C[C@H](C)C(C)C)[C@@]4(C)CC[C@@H]32)C1. The molecule has 0 aliphatic heterocycles. The number of rotatable bonds is 20. The third-order valence-corrected chi connectivity index (χ3v) is 13.9. The van der Waals surface area contributed by atoms with Gasteiger partial charge in [-0.15, -0.1) is 0 Å². The summed E-state index contributed by atoms with van der Waals surface area (Å²) in [6.07, 6.45) is 40.7. The molecule has 2 heteroatoms. The highest BCUT2D eigenvalue weighted by Gasteiger charge is 2.57. The number of fused-ring (bicyclic) bond motifs is 5. The molecule has 1 unspecified atom stereocenters. The first-order valence-corrected chi connectivity index (χ1v) is 21.0. The van der Waals surface area contributed by atoms with Gasteiger partial charge in [-0.1, -0.05) is 147 Å². The van der Waals surface area contributed by atoms with Crippen LogP contribution in [-0.2, 0) is 9.53 Å². The zero-order chi connectivity index (χ0) is 34.6. The minimum Gasteiger partial charge on any atom is -0.462 e. The Morgan fingerprint density at radius 2 is 1.46 bits per heavy atom. The molecular formula is C46H76O2. The molecule has 3 saturated carbocycles. The molecule has 0 radical (unpaired) electrons. The van der Waals surface area contributed by atoms with Crippen LogP contribution in [0.1, 0.15) is 183 Å². The zero-order valence-electron chi connectivity index (χ0n) is 32.7. The molecule has 3 fully saturated rings. The molecule has 0 amide bonds. The lowest BCUT2D eigenvalue weighted by Crippen LogP contribution is -2.46. The molecule has 8 atom stereocenters. The summed E-state index contributed by atoms with van der Waals surface area (Å²) in [7, 11) is 0. The van der Waals surface area contributed by atoms with Crippen molar-refractivity contribution in [2.45, 2.75) is 189 Å². The van der Waals surface area contributed by atoms with Crippen molar-refractivity contribution < 1.29 is 9.53 Å². The quantitative estimate of drug-likeness (QED) is 0.0738. The van der Waals surface area contributed by atoms with Crippen molar-refractivity contribution in [3.63, 3.8) is 0 Å². The summed E-state index contributed by atoms with van der Waals surface area (Å²) in [6, 6.07) is 0. The van der Waals surface area contributed by atoms with E-state index in [2.05, 4.69) is 84.9 Å². The molecule has 0 spiro atoms. The van der Waals surface area contributed by atoms with Gasteiger partial charge in [-0.05, 0) is 117 Å². The minimum absolute atomic E-state index is 0.0326. The average molecular weight is 661 g/mol. The van der Waals surface area contributed by atoms with E-state index in [0.29, 0.717) is 35.5 Å². The molecule has 0 aromatic carbocycles. The predicted molar refractivity (Wildman–Crippen MR) is 207 cm³/mol. The van der Waals surface area contributed by atoms with Crippen molar-refractivity contribution in [2.75, 3.05) is 0 Å². The third-order valence-electron chi connectivity index (χ3n) is 13.9. The smallest absolute Gasteiger partial charge is 0.306 e. The van der Waals surface area contributed by atoms with E-state index in [4.69, 9.17) is 4.74 Å². The molecule has 4 aliphatic rings. The Morgan fingerprint density at radius 3 is 2.15 bits per heavy atom. The highest BCUT2D eigenvalue weighted by molar-refractivity contribution is 5.69. The van der Waals surface area contributed by atoms with Crippen LogP contribution in [0, 0.1) is 46.3 Å². The van der Waals surface area contributed by atoms with Gasteiger partial charge in [0.2, 0.25) is 0 Å². The summed E-state index contributed by atoms with van der Waals surface area (Å²) in [5, 5.41) is 0. The second-order valence-electron chi connectivity index (χ2n) is 17.6. The number of esters is 1. The van der Waals surface area contributed by atoms with Gasteiger partial charge in [0.1, 0.15) is 6.10 Å². The molecule has 0 N–H and O–H groups in total. The second kappa shape index (κ2) is 19.2. The van der Waals surface area contributed by atoms with Gasteiger partial charge in [-0.2, -0.15) is 0 Å². The first-order chi connectivity index (χ1) is 23.1. The van der Waals surface area contributed by atoms with E-state index >= 15 is 0 Å². The first kappa shape index (κ1) is 39.2. The maximum atomic E-state index is 12.8. The van der Waals surface area contributed by atoms with Crippen molar-refractivity contribution in [2.24, 2.45) is 46.3 Å². The molecule has 0 aromatic heterocycles. The topological polar surface area (TPSA) is 26.3 Å². The van der Waals surface area contributed by atoms with Crippen LogP contribution < -0.4 is 0 Å². The molecule has 4 aliphatic carbocycles. The van der Waals surface area contributed by atoms with Crippen molar-refractivity contribution in [3.8, 4) is 0 Å². The maximum Gasteiger partial charge on any atom is 0.306 e. The van der Waals surface area contributed by atoms with E-state index in [9.17, 15) is 4.79 Å². The Balaban J connectivity index is 1.16. The van der Waals surface area contributed by atoms with Gasteiger partial charge in [0.05, 0.1) is 0 Å². The normalized spacial score (nSPS) is 31.3. The minimum atomic E-state index is 0.0326. The Kier molecular flexibility index (Phi) is 15.6. The number of carbonyl (C=O) groups excluding carboxylic acids is 1. The van der Waals surface area contributed by atoms with Crippen LogP contribution >= 0.6 is 0 Å². The summed E-state index contributed by atoms with van der Waals surface area (Å²) in [5.41, 5.74) is 3.99. The van der Waals surface area contributed by atoms with Gasteiger partial charge in [0.25, 0.3) is 0 Å². The predicted octanol–water partition coefficient (Wildman–Crippen LogP) is 13.9. The van der Waals surface area contributed by atoms with E-state index < -0.39 is 0 Å². The molecular weight excluding hydrogens is 585 g/mol. The Morgan fingerprint density at radius 1 is 0.792 bits per heavy atom. The van der Waals surface area contributed by atoms with Gasteiger partial charge in [-0.25, -0.2) is 0 Å². The maximum absolute atomic E-state index is 12.8. The molecule has 2 nitrogen and oxygen atoms in total. The molecule has 0 bridgehead atoms. The number of unbranched alkanes of at least 4 members (excludes halogenated alkanes) is 11. The summed E-state index contributed by atoms with van der Waals surface area (Å²) in [6.45, 7) is 17.0. The Labute approximate surface area is 298 Å². The Hall–Kier alpha value is -1.57. The monoisotopic (exact) mass is 661 g/mol. The van der Waals surface area contributed by atoms with Gasteiger partial charge >= 0.3 is 5.97 Å². The van der Waals surface area contributed by atoms with Crippen LogP contribution in [0.3, 0.4) is 0 Å². The lowest BCUT2D eigenvalue weighted by Gasteiger charge is -2.55.